The van der Waals surface area contributed by atoms with Gasteiger partial charge in [0.1, 0.15) is 5.75 Å². The molecule has 106 valence electrons. The highest BCUT2D eigenvalue weighted by molar-refractivity contribution is 5.95. The molecule has 0 heterocycles. The second-order valence-electron chi connectivity index (χ2n) is 4.45. The van der Waals surface area contributed by atoms with Crippen molar-refractivity contribution in [1.29, 1.82) is 0 Å². The third kappa shape index (κ3) is 4.04. The van der Waals surface area contributed by atoms with Crippen molar-refractivity contribution >= 4 is 12.1 Å². The second-order valence-corrected chi connectivity index (χ2v) is 4.45. The van der Waals surface area contributed by atoms with Crippen LogP contribution >= 0.6 is 0 Å². The Kier molecular flexibility index (Phi) is 4.88. The largest absolute Gasteiger partial charge is 0.507 e. The van der Waals surface area contributed by atoms with E-state index in [0.717, 1.165) is 5.56 Å². The van der Waals surface area contributed by atoms with E-state index in [1.165, 1.54) is 6.21 Å². The van der Waals surface area contributed by atoms with Crippen LogP contribution in [0.1, 0.15) is 21.5 Å². The van der Waals surface area contributed by atoms with E-state index in [2.05, 4.69) is 17.1 Å². The summed E-state index contributed by atoms with van der Waals surface area (Å²) in [5, 5.41) is 13.7. The Morgan fingerprint density at radius 3 is 2.67 bits per heavy atom. The summed E-state index contributed by atoms with van der Waals surface area (Å²) in [5.41, 5.74) is 4.45. The van der Waals surface area contributed by atoms with E-state index in [4.69, 9.17) is 0 Å². The van der Waals surface area contributed by atoms with Gasteiger partial charge in [-0.05, 0) is 36.2 Å². The summed E-state index contributed by atoms with van der Waals surface area (Å²) in [4.78, 5) is 11.8. The first kappa shape index (κ1) is 14.5. The van der Waals surface area contributed by atoms with Gasteiger partial charge >= 0.3 is 0 Å². The minimum Gasteiger partial charge on any atom is -0.507 e. The van der Waals surface area contributed by atoms with Gasteiger partial charge in [-0.2, -0.15) is 5.10 Å². The Hall–Kier alpha value is -2.88. The highest BCUT2D eigenvalue weighted by atomic mass is 16.3. The first-order valence-electron chi connectivity index (χ1n) is 6.52. The summed E-state index contributed by atoms with van der Waals surface area (Å²) in [6.45, 7) is 3.65. The summed E-state index contributed by atoms with van der Waals surface area (Å²) >= 11 is 0. The maximum absolute atomic E-state index is 11.8. The molecule has 2 rings (SSSR count). The topological polar surface area (TPSA) is 61.7 Å². The van der Waals surface area contributed by atoms with E-state index in [9.17, 15) is 9.90 Å². The van der Waals surface area contributed by atoms with Gasteiger partial charge < -0.3 is 5.11 Å². The van der Waals surface area contributed by atoms with Gasteiger partial charge in [0.25, 0.3) is 5.91 Å². The van der Waals surface area contributed by atoms with Crippen LogP contribution in [-0.4, -0.2) is 17.2 Å². The fraction of sp³-hybridized carbons (Fsp3) is 0.0588. The van der Waals surface area contributed by atoms with Gasteiger partial charge in [-0.1, -0.05) is 30.3 Å². The number of carbonyl (C=O) groups is 1. The number of nitrogens with zero attached hydrogens (tertiary/aromatic N) is 1. The summed E-state index contributed by atoms with van der Waals surface area (Å²) in [6, 6.07) is 14.1. The van der Waals surface area contributed by atoms with Crippen LogP contribution < -0.4 is 5.43 Å². The van der Waals surface area contributed by atoms with Gasteiger partial charge in [0.15, 0.2) is 0 Å². The molecule has 2 aromatic rings. The van der Waals surface area contributed by atoms with Gasteiger partial charge in [-0.25, -0.2) is 5.43 Å². The molecular formula is C17H16N2O2. The maximum Gasteiger partial charge on any atom is 0.271 e. The average molecular weight is 280 g/mol. The normalized spacial score (nSPS) is 10.5. The number of nitrogens with one attached hydrogen (secondary N) is 1. The van der Waals surface area contributed by atoms with Gasteiger partial charge in [0.2, 0.25) is 0 Å². The summed E-state index contributed by atoms with van der Waals surface area (Å²) < 4.78 is 0. The van der Waals surface area contributed by atoms with Crippen molar-refractivity contribution in [2.45, 2.75) is 6.42 Å². The molecule has 4 nitrogen and oxygen atoms in total. The van der Waals surface area contributed by atoms with E-state index in [1.54, 1.807) is 42.5 Å². The number of hydrogen-bond acceptors (Lipinski definition) is 3. The van der Waals surface area contributed by atoms with Gasteiger partial charge in [-0.3, -0.25) is 4.79 Å². The molecule has 0 spiro atoms. The zero-order valence-corrected chi connectivity index (χ0v) is 11.5. The van der Waals surface area contributed by atoms with E-state index < -0.39 is 0 Å². The third-order valence-electron chi connectivity index (χ3n) is 2.88. The SMILES string of the molecule is C=CCc1ccc(C=NNC(=O)c2ccccc2)c(O)c1. The predicted octanol–water partition coefficient (Wildman–Crippen LogP) is 2.88. The smallest absolute Gasteiger partial charge is 0.271 e. The average Bonchev–Trinajstić information content (AvgIpc) is 2.50. The number of allylic oxidation sites excluding steroid dienone is 1. The molecule has 0 atom stereocenters. The predicted molar refractivity (Wildman–Crippen MR) is 83.5 cm³/mol. The number of amides is 1. The lowest BCUT2D eigenvalue weighted by atomic mass is 10.1. The van der Waals surface area contributed by atoms with Crippen LogP contribution in [0.4, 0.5) is 0 Å². The minimum atomic E-state index is -0.297. The second kappa shape index (κ2) is 7.05. The lowest BCUT2D eigenvalue weighted by Crippen LogP contribution is -2.17. The van der Waals surface area contributed by atoms with Crippen LogP contribution in [0.5, 0.6) is 5.75 Å². The van der Waals surface area contributed by atoms with Crippen molar-refractivity contribution in [2.75, 3.05) is 0 Å². The molecule has 21 heavy (non-hydrogen) atoms. The Balaban J connectivity index is 2.01. The van der Waals surface area contributed by atoms with Crippen molar-refractivity contribution < 1.29 is 9.90 Å². The Bertz CT molecular complexity index is 664. The van der Waals surface area contributed by atoms with E-state index in [-0.39, 0.29) is 11.7 Å². The van der Waals surface area contributed by atoms with Crippen LogP contribution in [0.15, 0.2) is 66.3 Å². The number of hydrogen-bond donors (Lipinski definition) is 2. The molecule has 0 aliphatic rings. The molecule has 1 amide bonds. The molecule has 0 saturated carbocycles. The third-order valence-corrected chi connectivity index (χ3v) is 2.88. The lowest BCUT2D eigenvalue weighted by molar-refractivity contribution is 0.0955. The van der Waals surface area contributed by atoms with Crippen molar-refractivity contribution in [1.82, 2.24) is 5.43 Å². The van der Waals surface area contributed by atoms with Crippen LogP contribution in [0.2, 0.25) is 0 Å². The molecule has 0 aliphatic carbocycles. The fourth-order valence-electron chi connectivity index (χ4n) is 1.81. The molecule has 0 aliphatic heterocycles. The van der Waals surface area contributed by atoms with E-state index >= 15 is 0 Å². The number of benzene rings is 2. The highest BCUT2D eigenvalue weighted by Gasteiger charge is 2.03. The Morgan fingerprint density at radius 1 is 1.24 bits per heavy atom. The van der Waals surface area contributed by atoms with E-state index in [0.29, 0.717) is 17.5 Å². The molecule has 0 saturated heterocycles. The fourth-order valence-corrected chi connectivity index (χ4v) is 1.81. The quantitative estimate of drug-likeness (QED) is 0.502. The summed E-state index contributed by atoms with van der Waals surface area (Å²) in [5.74, 6) is -0.179. The van der Waals surface area contributed by atoms with Gasteiger partial charge in [0, 0.05) is 11.1 Å². The van der Waals surface area contributed by atoms with Crippen molar-refractivity contribution in [3.05, 3.63) is 77.9 Å². The number of carbonyl (C=O) groups excluding carboxylic acids is 1. The monoisotopic (exact) mass is 280 g/mol. The zero-order chi connectivity index (χ0) is 15.1. The molecule has 0 radical (unpaired) electrons. The summed E-state index contributed by atoms with van der Waals surface area (Å²) in [7, 11) is 0. The number of phenols is 1. The van der Waals surface area contributed by atoms with Crippen molar-refractivity contribution in [3.63, 3.8) is 0 Å². The van der Waals surface area contributed by atoms with Crippen LogP contribution in [0.3, 0.4) is 0 Å². The van der Waals surface area contributed by atoms with Gasteiger partial charge in [-0.15, -0.1) is 6.58 Å². The molecule has 0 bridgehead atoms. The Morgan fingerprint density at radius 2 is 2.00 bits per heavy atom. The number of hydrazone groups is 1. The molecule has 0 aromatic heterocycles. The molecule has 4 heteroatoms. The standard InChI is InChI=1S/C17H16N2O2/c1-2-6-13-9-10-15(16(20)11-13)12-18-19-17(21)14-7-4-3-5-8-14/h2-5,7-12,20H,1,6H2,(H,19,21). The molecule has 2 N–H and O–H groups in total. The molecule has 2 aromatic carbocycles. The zero-order valence-electron chi connectivity index (χ0n) is 11.5. The molecule has 0 fully saturated rings. The number of rotatable bonds is 5. The first-order valence-corrected chi connectivity index (χ1v) is 6.52. The maximum atomic E-state index is 11.8. The van der Waals surface area contributed by atoms with Crippen LogP contribution in [-0.2, 0) is 6.42 Å². The highest BCUT2D eigenvalue weighted by Crippen LogP contribution is 2.17. The van der Waals surface area contributed by atoms with E-state index in [1.807, 2.05) is 12.1 Å². The number of phenolic OH excluding ortho intramolecular Hbond substituents is 1. The van der Waals surface area contributed by atoms with Crippen molar-refractivity contribution in [3.8, 4) is 5.75 Å². The van der Waals surface area contributed by atoms with Crippen molar-refractivity contribution in [2.24, 2.45) is 5.10 Å². The van der Waals surface area contributed by atoms with Crippen LogP contribution in [0, 0.1) is 0 Å². The lowest BCUT2D eigenvalue weighted by Gasteiger charge is -2.02. The van der Waals surface area contributed by atoms with Gasteiger partial charge in [0.05, 0.1) is 6.21 Å². The Labute approximate surface area is 123 Å². The summed E-state index contributed by atoms with van der Waals surface area (Å²) in [6.07, 6.45) is 3.87. The molecule has 0 unspecified atom stereocenters. The minimum absolute atomic E-state index is 0.118. The molecular weight excluding hydrogens is 264 g/mol. The first-order chi connectivity index (χ1) is 10.2. The number of aromatic hydroxyl groups is 1. The van der Waals surface area contributed by atoms with Crippen LogP contribution in [0.25, 0.3) is 0 Å².